The van der Waals surface area contributed by atoms with Crippen LogP contribution in [0.4, 0.5) is 13.2 Å². The van der Waals surface area contributed by atoms with Gasteiger partial charge in [-0.15, -0.1) is 5.10 Å². The minimum Gasteiger partial charge on any atom is -0.326 e. The molecule has 0 bridgehead atoms. The Morgan fingerprint density at radius 2 is 2.12 bits per heavy atom. The lowest BCUT2D eigenvalue weighted by Gasteiger charge is -2.38. The molecule has 0 radical (unpaired) electrons. The molecule has 0 aliphatic carbocycles. The van der Waals surface area contributed by atoms with Gasteiger partial charge in [-0.05, 0) is 25.0 Å². The Morgan fingerprint density at radius 3 is 2.80 bits per heavy atom. The third-order valence-corrected chi connectivity index (χ3v) is 4.06. The molecule has 1 amide bonds. The molecule has 7 nitrogen and oxygen atoms in total. The van der Waals surface area contributed by atoms with E-state index in [-0.39, 0.29) is 31.6 Å². The average Bonchev–Trinajstić information content (AvgIpc) is 3.02. The van der Waals surface area contributed by atoms with Crippen LogP contribution in [0.3, 0.4) is 0 Å². The fourth-order valence-electron chi connectivity index (χ4n) is 2.84. The van der Waals surface area contributed by atoms with Gasteiger partial charge in [-0.25, -0.2) is 4.68 Å². The van der Waals surface area contributed by atoms with Crippen LogP contribution in [0.5, 0.6) is 0 Å². The smallest absolute Gasteiger partial charge is 0.326 e. The third kappa shape index (κ3) is 3.95. The maximum atomic E-state index is 13.2. The number of alkyl halides is 3. The van der Waals surface area contributed by atoms with E-state index in [1.165, 1.54) is 10.9 Å². The molecule has 0 spiro atoms. The second-order valence-corrected chi connectivity index (χ2v) is 5.97. The van der Waals surface area contributed by atoms with Crippen molar-refractivity contribution < 1.29 is 18.0 Å². The van der Waals surface area contributed by atoms with Gasteiger partial charge >= 0.3 is 6.18 Å². The second kappa shape index (κ2) is 6.79. The first-order valence-corrected chi connectivity index (χ1v) is 7.78. The highest BCUT2D eigenvalue weighted by Crippen LogP contribution is 2.32. The van der Waals surface area contributed by atoms with Crippen molar-refractivity contribution in [1.82, 2.24) is 24.9 Å². The highest BCUT2D eigenvalue weighted by molar-refractivity contribution is 5.92. The van der Waals surface area contributed by atoms with Crippen LogP contribution in [-0.4, -0.2) is 55.6 Å². The largest absolute Gasteiger partial charge is 0.408 e. The lowest BCUT2D eigenvalue weighted by molar-refractivity contribution is -0.184. The van der Waals surface area contributed by atoms with Crippen molar-refractivity contribution in [1.29, 1.82) is 0 Å². The SMILES string of the molecule is NC1CCC(C(F)(F)F)N(C(=O)c2cn(Cc3ccccn3)nn2)C1. The predicted molar refractivity (Wildman–Crippen MR) is 81.4 cm³/mol. The zero-order chi connectivity index (χ0) is 18.0. The number of amides is 1. The second-order valence-electron chi connectivity index (χ2n) is 5.97. The van der Waals surface area contributed by atoms with E-state index in [9.17, 15) is 18.0 Å². The number of hydrogen-bond donors (Lipinski definition) is 1. The summed E-state index contributed by atoms with van der Waals surface area (Å²) in [6, 6.07) is 3.00. The van der Waals surface area contributed by atoms with Gasteiger partial charge in [0.1, 0.15) is 6.04 Å². The van der Waals surface area contributed by atoms with Crippen LogP contribution in [0.15, 0.2) is 30.6 Å². The van der Waals surface area contributed by atoms with E-state index in [0.717, 1.165) is 4.90 Å². The molecule has 1 aliphatic rings. The number of hydrogen-bond acceptors (Lipinski definition) is 5. The molecule has 3 heterocycles. The molecular formula is C15H17F3N6O. The molecule has 2 aromatic rings. The predicted octanol–water partition coefficient (Wildman–Crippen LogP) is 1.22. The zero-order valence-corrected chi connectivity index (χ0v) is 13.2. The highest BCUT2D eigenvalue weighted by atomic mass is 19.4. The van der Waals surface area contributed by atoms with Gasteiger partial charge in [0.2, 0.25) is 0 Å². The van der Waals surface area contributed by atoms with Gasteiger partial charge in [-0.3, -0.25) is 9.78 Å². The van der Waals surface area contributed by atoms with Crippen molar-refractivity contribution in [3.8, 4) is 0 Å². The normalized spacial score (nSPS) is 21.4. The van der Waals surface area contributed by atoms with Crippen molar-refractivity contribution >= 4 is 5.91 Å². The van der Waals surface area contributed by atoms with Gasteiger partial charge in [0.05, 0.1) is 18.4 Å². The van der Waals surface area contributed by atoms with Crippen LogP contribution < -0.4 is 5.73 Å². The number of carbonyl (C=O) groups excluding carboxylic acids is 1. The van der Waals surface area contributed by atoms with Gasteiger partial charge in [-0.1, -0.05) is 11.3 Å². The summed E-state index contributed by atoms with van der Waals surface area (Å²) in [6.45, 7) is 0.111. The molecule has 10 heteroatoms. The molecule has 2 unspecified atom stereocenters. The Kier molecular flexibility index (Phi) is 4.71. The number of pyridine rings is 1. The average molecular weight is 354 g/mol. The summed E-state index contributed by atoms with van der Waals surface area (Å²) in [6.07, 6.45) is -1.55. The van der Waals surface area contributed by atoms with E-state index in [0.29, 0.717) is 5.69 Å². The van der Waals surface area contributed by atoms with Crippen LogP contribution in [0, 0.1) is 0 Å². The van der Waals surface area contributed by atoms with Crippen LogP contribution in [0.2, 0.25) is 0 Å². The van der Waals surface area contributed by atoms with E-state index in [1.807, 2.05) is 0 Å². The molecule has 134 valence electrons. The van der Waals surface area contributed by atoms with Gasteiger partial charge < -0.3 is 10.6 Å². The first kappa shape index (κ1) is 17.3. The summed E-state index contributed by atoms with van der Waals surface area (Å²) < 4.78 is 41.0. The topological polar surface area (TPSA) is 89.9 Å². The molecule has 3 rings (SSSR count). The van der Waals surface area contributed by atoms with E-state index in [2.05, 4.69) is 15.3 Å². The van der Waals surface area contributed by atoms with Crippen molar-refractivity contribution in [3.63, 3.8) is 0 Å². The molecule has 2 N–H and O–H groups in total. The maximum absolute atomic E-state index is 13.2. The van der Waals surface area contributed by atoms with E-state index in [4.69, 9.17) is 5.73 Å². The molecule has 2 atom stereocenters. The molecule has 0 aromatic carbocycles. The Labute approximate surface area is 141 Å². The van der Waals surface area contributed by atoms with Crippen LogP contribution in [-0.2, 0) is 6.54 Å². The molecule has 0 saturated carbocycles. The molecule has 1 saturated heterocycles. The highest BCUT2D eigenvalue weighted by Gasteiger charge is 2.48. The lowest BCUT2D eigenvalue weighted by Crippen LogP contribution is -2.56. The number of carbonyl (C=O) groups is 1. The Bertz CT molecular complexity index is 732. The monoisotopic (exact) mass is 354 g/mol. The van der Waals surface area contributed by atoms with Crippen molar-refractivity contribution in [3.05, 3.63) is 42.0 Å². The van der Waals surface area contributed by atoms with E-state index in [1.54, 1.807) is 24.4 Å². The van der Waals surface area contributed by atoms with Gasteiger partial charge in [0.25, 0.3) is 5.91 Å². The van der Waals surface area contributed by atoms with Gasteiger partial charge in [0, 0.05) is 18.8 Å². The van der Waals surface area contributed by atoms with Gasteiger partial charge in [-0.2, -0.15) is 13.2 Å². The first-order valence-electron chi connectivity index (χ1n) is 7.78. The van der Waals surface area contributed by atoms with Crippen molar-refractivity contribution in [2.24, 2.45) is 5.73 Å². The molecule has 1 fully saturated rings. The summed E-state index contributed by atoms with van der Waals surface area (Å²) in [7, 11) is 0. The van der Waals surface area contributed by atoms with Crippen molar-refractivity contribution in [2.45, 2.75) is 37.6 Å². The fraction of sp³-hybridized carbons (Fsp3) is 0.467. The maximum Gasteiger partial charge on any atom is 0.408 e. The van der Waals surface area contributed by atoms with E-state index < -0.39 is 24.2 Å². The molecule has 25 heavy (non-hydrogen) atoms. The number of nitrogens with zero attached hydrogens (tertiary/aromatic N) is 5. The molecular weight excluding hydrogens is 337 g/mol. The molecule has 1 aliphatic heterocycles. The van der Waals surface area contributed by atoms with Crippen molar-refractivity contribution in [2.75, 3.05) is 6.54 Å². The number of nitrogens with two attached hydrogens (primary N) is 1. The first-order chi connectivity index (χ1) is 11.8. The lowest BCUT2D eigenvalue weighted by atomic mass is 9.98. The quantitative estimate of drug-likeness (QED) is 0.895. The number of piperidine rings is 1. The Hall–Kier alpha value is -2.49. The van der Waals surface area contributed by atoms with Crippen LogP contribution in [0.1, 0.15) is 29.0 Å². The number of rotatable bonds is 3. The summed E-state index contributed by atoms with van der Waals surface area (Å²) in [4.78, 5) is 17.4. The number of likely N-dealkylation sites (tertiary alicyclic amines) is 1. The minimum atomic E-state index is -4.50. The fourth-order valence-corrected chi connectivity index (χ4v) is 2.84. The Balaban J connectivity index is 1.77. The summed E-state index contributed by atoms with van der Waals surface area (Å²) in [5, 5.41) is 7.52. The third-order valence-electron chi connectivity index (χ3n) is 4.06. The number of halogens is 3. The van der Waals surface area contributed by atoms with Crippen LogP contribution in [0.25, 0.3) is 0 Å². The Morgan fingerprint density at radius 1 is 1.32 bits per heavy atom. The summed E-state index contributed by atoms with van der Waals surface area (Å²) in [5.74, 6) is -0.815. The molecule has 2 aromatic heterocycles. The summed E-state index contributed by atoms with van der Waals surface area (Å²) in [5.41, 5.74) is 6.30. The minimum absolute atomic E-state index is 0.140. The van der Waals surface area contributed by atoms with Gasteiger partial charge in [0.15, 0.2) is 5.69 Å². The van der Waals surface area contributed by atoms with Crippen LogP contribution >= 0.6 is 0 Å². The van der Waals surface area contributed by atoms with E-state index >= 15 is 0 Å². The standard InChI is InChI=1S/C15H17F3N6O/c16-15(17,18)13-5-4-10(19)7-24(13)14(25)12-9-23(22-21-12)8-11-3-1-2-6-20-11/h1-3,6,9-10,13H,4-5,7-8,19H2. The zero-order valence-electron chi connectivity index (χ0n) is 13.2. The summed E-state index contributed by atoms with van der Waals surface area (Å²) >= 11 is 0. The number of aromatic nitrogens is 4.